The maximum Gasteiger partial charge on any atom is 0.00725 e. The van der Waals surface area contributed by atoms with Crippen LogP contribution in [0.2, 0.25) is 0 Å². The van der Waals surface area contributed by atoms with Gasteiger partial charge in [0.1, 0.15) is 0 Å². The van der Waals surface area contributed by atoms with Crippen LogP contribution in [0, 0.1) is 5.92 Å². The van der Waals surface area contributed by atoms with Gasteiger partial charge in [0.2, 0.25) is 0 Å². The van der Waals surface area contributed by atoms with Crippen LogP contribution >= 0.6 is 11.8 Å². The highest BCUT2D eigenvalue weighted by Crippen LogP contribution is 2.10. The number of hydrogen-bond acceptors (Lipinski definition) is 3. The van der Waals surface area contributed by atoms with Gasteiger partial charge in [-0.1, -0.05) is 6.92 Å². The van der Waals surface area contributed by atoms with E-state index in [1.54, 1.807) is 0 Å². The molecule has 1 aliphatic heterocycles. The molecule has 3 heteroatoms. The first-order valence-corrected chi connectivity index (χ1v) is 5.98. The summed E-state index contributed by atoms with van der Waals surface area (Å²) in [6, 6.07) is 0. The highest BCUT2D eigenvalue weighted by Gasteiger charge is 2.11. The van der Waals surface area contributed by atoms with Gasteiger partial charge in [0.05, 0.1) is 0 Å². The van der Waals surface area contributed by atoms with Gasteiger partial charge in [-0.25, -0.2) is 0 Å². The monoisotopic (exact) mass is 188 g/mol. The van der Waals surface area contributed by atoms with Gasteiger partial charge in [-0.2, -0.15) is 11.8 Å². The fourth-order valence-electron chi connectivity index (χ4n) is 1.50. The summed E-state index contributed by atoms with van der Waals surface area (Å²) in [6.45, 7) is 6.78. The number of thioether (sulfide) groups is 1. The van der Waals surface area contributed by atoms with Crippen molar-refractivity contribution >= 4 is 11.8 Å². The van der Waals surface area contributed by atoms with E-state index in [-0.39, 0.29) is 0 Å². The lowest BCUT2D eigenvalue weighted by molar-refractivity contribution is 0.257. The lowest BCUT2D eigenvalue weighted by Gasteiger charge is -2.22. The van der Waals surface area contributed by atoms with E-state index >= 15 is 0 Å². The summed E-state index contributed by atoms with van der Waals surface area (Å²) >= 11 is 2.08. The van der Waals surface area contributed by atoms with Gasteiger partial charge in [0.15, 0.2) is 0 Å². The van der Waals surface area contributed by atoms with Crippen molar-refractivity contribution in [3.8, 4) is 0 Å². The van der Waals surface area contributed by atoms with E-state index in [0.717, 1.165) is 6.54 Å². The molecule has 0 bridgehead atoms. The van der Waals surface area contributed by atoms with Crippen LogP contribution in [-0.4, -0.2) is 42.6 Å². The van der Waals surface area contributed by atoms with Gasteiger partial charge in [-0.15, -0.1) is 0 Å². The quantitative estimate of drug-likeness (QED) is 0.717. The molecule has 12 heavy (non-hydrogen) atoms. The molecule has 0 aliphatic carbocycles. The molecule has 2 N–H and O–H groups in total. The van der Waals surface area contributed by atoms with Crippen molar-refractivity contribution in [2.75, 3.05) is 37.7 Å². The number of nitrogens with zero attached hydrogens (tertiary/aromatic N) is 1. The molecule has 0 aromatic heterocycles. The Morgan fingerprint density at radius 1 is 1.42 bits per heavy atom. The smallest absolute Gasteiger partial charge is 0.00725 e. The summed E-state index contributed by atoms with van der Waals surface area (Å²) in [6.07, 6.45) is 1.35. The zero-order valence-corrected chi connectivity index (χ0v) is 8.78. The maximum atomic E-state index is 5.60. The molecule has 0 aromatic rings. The van der Waals surface area contributed by atoms with Gasteiger partial charge in [0, 0.05) is 18.8 Å². The Bertz CT molecular complexity index is 111. The molecule has 1 rings (SSSR count). The molecule has 72 valence electrons. The molecule has 1 heterocycles. The molecule has 1 saturated heterocycles. The van der Waals surface area contributed by atoms with Gasteiger partial charge in [-0.3, -0.25) is 0 Å². The molecule has 0 aromatic carbocycles. The van der Waals surface area contributed by atoms with Gasteiger partial charge >= 0.3 is 0 Å². The topological polar surface area (TPSA) is 29.3 Å². The fraction of sp³-hybridized carbons (Fsp3) is 1.00. The van der Waals surface area contributed by atoms with Gasteiger partial charge < -0.3 is 10.6 Å². The van der Waals surface area contributed by atoms with Gasteiger partial charge in [0.25, 0.3) is 0 Å². The Morgan fingerprint density at radius 2 is 2.25 bits per heavy atom. The van der Waals surface area contributed by atoms with E-state index in [0.29, 0.717) is 5.92 Å². The number of hydrogen-bond donors (Lipinski definition) is 1. The average molecular weight is 188 g/mol. The first-order valence-electron chi connectivity index (χ1n) is 4.83. The molecule has 1 unspecified atom stereocenters. The molecular formula is C9H20N2S. The van der Waals surface area contributed by atoms with Crippen LogP contribution in [-0.2, 0) is 0 Å². The Labute approximate surface area is 79.9 Å². The Morgan fingerprint density at radius 3 is 3.00 bits per heavy atom. The molecule has 0 amide bonds. The molecule has 2 nitrogen and oxygen atoms in total. The van der Waals surface area contributed by atoms with E-state index in [1.807, 2.05) is 0 Å². The lowest BCUT2D eigenvalue weighted by Crippen LogP contribution is -2.33. The summed E-state index contributed by atoms with van der Waals surface area (Å²) in [5.74, 6) is 3.30. The summed E-state index contributed by atoms with van der Waals surface area (Å²) in [5, 5.41) is 0. The van der Waals surface area contributed by atoms with Crippen molar-refractivity contribution in [1.82, 2.24) is 4.90 Å². The zero-order valence-electron chi connectivity index (χ0n) is 7.96. The van der Waals surface area contributed by atoms with Crippen molar-refractivity contribution in [1.29, 1.82) is 0 Å². The Hall–Kier alpha value is 0.270. The summed E-state index contributed by atoms with van der Waals surface area (Å²) in [7, 11) is 0. The molecule has 1 fully saturated rings. The SMILES string of the molecule is CC(CN)CN1CCCSCC1. The minimum Gasteiger partial charge on any atom is -0.330 e. The summed E-state index contributed by atoms with van der Waals surface area (Å²) in [4.78, 5) is 2.55. The van der Waals surface area contributed by atoms with E-state index in [1.165, 1.54) is 37.6 Å². The minimum absolute atomic E-state index is 0.660. The minimum atomic E-state index is 0.660. The normalized spacial score (nSPS) is 23.5. The molecular weight excluding hydrogens is 168 g/mol. The van der Waals surface area contributed by atoms with Crippen molar-refractivity contribution in [3.05, 3.63) is 0 Å². The highest BCUT2D eigenvalue weighted by atomic mass is 32.2. The second kappa shape index (κ2) is 5.84. The average Bonchev–Trinajstić information content (AvgIpc) is 2.33. The highest BCUT2D eigenvalue weighted by molar-refractivity contribution is 7.99. The number of rotatable bonds is 3. The molecule has 0 saturated carbocycles. The van der Waals surface area contributed by atoms with E-state index in [9.17, 15) is 0 Å². The number of nitrogens with two attached hydrogens (primary N) is 1. The third-order valence-electron chi connectivity index (χ3n) is 2.29. The molecule has 1 atom stereocenters. The van der Waals surface area contributed by atoms with Crippen LogP contribution in [0.5, 0.6) is 0 Å². The predicted octanol–water partition coefficient (Wildman–Crippen LogP) is 1.02. The summed E-state index contributed by atoms with van der Waals surface area (Å²) in [5.41, 5.74) is 5.60. The first kappa shape index (κ1) is 10.4. The van der Waals surface area contributed by atoms with Crippen molar-refractivity contribution < 1.29 is 0 Å². The predicted molar refractivity (Wildman–Crippen MR) is 56.6 cm³/mol. The van der Waals surface area contributed by atoms with Crippen LogP contribution in [0.4, 0.5) is 0 Å². The Balaban J connectivity index is 2.20. The first-order chi connectivity index (χ1) is 5.83. The molecule has 1 aliphatic rings. The second-order valence-electron chi connectivity index (χ2n) is 3.61. The maximum absolute atomic E-state index is 5.60. The zero-order chi connectivity index (χ0) is 8.81. The van der Waals surface area contributed by atoms with Crippen LogP contribution in [0.3, 0.4) is 0 Å². The molecule has 0 radical (unpaired) electrons. The standard InChI is InChI=1S/C9H20N2S/c1-9(7-10)8-11-3-2-5-12-6-4-11/h9H,2-8,10H2,1H3. The molecule has 0 spiro atoms. The van der Waals surface area contributed by atoms with Crippen LogP contribution in [0.1, 0.15) is 13.3 Å². The Kier molecular flexibility index (Phi) is 5.04. The fourth-order valence-corrected chi connectivity index (χ4v) is 2.42. The van der Waals surface area contributed by atoms with E-state index in [4.69, 9.17) is 5.73 Å². The lowest BCUT2D eigenvalue weighted by atomic mass is 10.1. The van der Waals surface area contributed by atoms with Crippen molar-refractivity contribution in [2.45, 2.75) is 13.3 Å². The van der Waals surface area contributed by atoms with Crippen molar-refractivity contribution in [2.24, 2.45) is 11.7 Å². The van der Waals surface area contributed by atoms with Crippen LogP contribution in [0.15, 0.2) is 0 Å². The van der Waals surface area contributed by atoms with Crippen molar-refractivity contribution in [3.63, 3.8) is 0 Å². The second-order valence-corrected chi connectivity index (χ2v) is 4.83. The van der Waals surface area contributed by atoms with Crippen LogP contribution < -0.4 is 5.73 Å². The van der Waals surface area contributed by atoms with E-state index < -0.39 is 0 Å². The third-order valence-corrected chi connectivity index (χ3v) is 3.34. The largest absolute Gasteiger partial charge is 0.330 e. The van der Waals surface area contributed by atoms with E-state index in [2.05, 4.69) is 23.6 Å². The van der Waals surface area contributed by atoms with Crippen LogP contribution in [0.25, 0.3) is 0 Å². The third kappa shape index (κ3) is 3.78. The van der Waals surface area contributed by atoms with Gasteiger partial charge in [-0.05, 0) is 31.2 Å². The summed E-state index contributed by atoms with van der Waals surface area (Å²) < 4.78 is 0.